The van der Waals surface area contributed by atoms with Crippen LogP contribution in [-0.4, -0.2) is 65.4 Å². The molecule has 2 heterocycles. The molecule has 0 unspecified atom stereocenters. The van der Waals surface area contributed by atoms with Gasteiger partial charge in [0, 0.05) is 0 Å². The van der Waals surface area contributed by atoms with E-state index in [1.54, 1.807) is 0 Å². The summed E-state index contributed by atoms with van der Waals surface area (Å²) in [7, 11) is -15.3. The molecule has 3 aromatic carbocycles. The number of amides is 4. The van der Waals surface area contributed by atoms with E-state index in [0.29, 0.717) is 24.3 Å². The SMILES string of the molecule is O=C1NC(=O)c2cc(S(=O)(=O)OC(=O)c3ccc(S(=O)(=O)O)cc3C(=O)OS(=O)(=O)c3ccc4c(c3)C(=O)NC4=O)ccc21. The van der Waals surface area contributed by atoms with Crippen molar-refractivity contribution in [3.63, 3.8) is 0 Å². The van der Waals surface area contributed by atoms with Crippen molar-refractivity contribution in [1.82, 2.24) is 10.6 Å². The molecule has 0 fully saturated rings. The van der Waals surface area contributed by atoms with Gasteiger partial charge in [-0.2, -0.15) is 25.3 Å². The smallest absolute Gasteiger partial charge is 0.338 e. The third kappa shape index (κ3) is 5.32. The highest BCUT2D eigenvalue weighted by molar-refractivity contribution is 7.87. The number of hydrogen-bond acceptors (Lipinski definition) is 14. The quantitative estimate of drug-likeness (QED) is 0.168. The Labute approximate surface area is 245 Å². The van der Waals surface area contributed by atoms with Gasteiger partial charge in [0.05, 0.1) is 38.3 Å². The first-order valence-electron chi connectivity index (χ1n) is 11.5. The summed E-state index contributed by atoms with van der Waals surface area (Å²) in [6.07, 6.45) is 0. The highest BCUT2D eigenvalue weighted by atomic mass is 32.2. The summed E-state index contributed by atoms with van der Waals surface area (Å²) in [6.45, 7) is 0. The second-order valence-electron chi connectivity index (χ2n) is 8.81. The predicted molar refractivity (Wildman–Crippen MR) is 138 cm³/mol. The predicted octanol–water partition coefficient (Wildman–Crippen LogP) is -0.208. The van der Waals surface area contributed by atoms with E-state index in [-0.39, 0.29) is 22.3 Å². The van der Waals surface area contributed by atoms with E-state index in [9.17, 15) is 58.6 Å². The Morgan fingerprint density at radius 3 is 1.34 bits per heavy atom. The van der Waals surface area contributed by atoms with Gasteiger partial charge in [-0.05, 0) is 54.6 Å². The van der Waals surface area contributed by atoms with Crippen molar-refractivity contribution in [3.05, 3.63) is 88.0 Å². The Bertz CT molecular complexity index is 2240. The van der Waals surface area contributed by atoms with E-state index in [0.717, 1.165) is 30.3 Å². The maximum atomic E-state index is 13.0. The Morgan fingerprint density at radius 1 is 0.523 bits per heavy atom. The highest BCUT2D eigenvalue weighted by Gasteiger charge is 2.34. The zero-order valence-electron chi connectivity index (χ0n) is 21.1. The van der Waals surface area contributed by atoms with E-state index in [4.69, 9.17) is 0 Å². The third-order valence-corrected chi connectivity index (χ3v) is 9.35. The van der Waals surface area contributed by atoms with Gasteiger partial charge in [-0.1, -0.05) is 0 Å². The van der Waals surface area contributed by atoms with Crippen LogP contribution in [0.2, 0.25) is 0 Å². The summed E-state index contributed by atoms with van der Waals surface area (Å²) in [5.41, 5.74) is -3.31. The molecule has 0 radical (unpaired) electrons. The van der Waals surface area contributed by atoms with Crippen molar-refractivity contribution < 1.29 is 66.9 Å². The molecule has 2 aliphatic rings. The number of fused-ring (bicyclic) bond motifs is 2. The molecule has 0 saturated carbocycles. The molecule has 0 aromatic heterocycles. The summed E-state index contributed by atoms with van der Waals surface area (Å²) in [6, 6.07) is 6.36. The zero-order valence-corrected chi connectivity index (χ0v) is 23.5. The number of benzene rings is 3. The van der Waals surface area contributed by atoms with Gasteiger partial charge in [-0.3, -0.25) is 34.4 Å². The van der Waals surface area contributed by atoms with Crippen molar-refractivity contribution in [1.29, 1.82) is 0 Å². The number of imide groups is 2. The number of rotatable bonds is 7. The van der Waals surface area contributed by atoms with Gasteiger partial charge >= 0.3 is 32.2 Å². The molecule has 2 aliphatic heterocycles. The second kappa shape index (κ2) is 10.2. The molecular formula is C24H12N2O15S3. The van der Waals surface area contributed by atoms with Crippen LogP contribution in [0, 0.1) is 0 Å². The first-order valence-corrected chi connectivity index (χ1v) is 15.7. The lowest BCUT2D eigenvalue weighted by Crippen LogP contribution is -2.21. The van der Waals surface area contributed by atoms with Crippen LogP contribution in [0.3, 0.4) is 0 Å². The van der Waals surface area contributed by atoms with Gasteiger partial charge in [-0.25, -0.2) is 9.59 Å². The van der Waals surface area contributed by atoms with E-state index in [1.165, 1.54) is 0 Å². The van der Waals surface area contributed by atoms with Crippen LogP contribution in [0.1, 0.15) is 62.1 Å². The number of carbonyl (C=O) groups excluding carboxylic acids is 6. The molecule has 4 amide bonds. The standard InChI is InChI=1S/C24H12N2O15S3/c27-19-13-4-2-11(8-16(13)21(29)25-19)43(36,37)40-23(31)15-6-1-10(42(33,34)35)7-18(15)24(32)41-44(38,39)12-3-5-14-17(9-12)22(30)26-20(14)28/h1-9H,(H,25,27,29)(H,26,28,30)(H,33,34,35). The summed E-state index contributed by atoms with van der Waals surface area (Å²) in [4.78, 5) is 70.5. The highest BCUT2D eigenvalue weighted by Crippen LogP contribution is 2.26. The molecular weight excluding hydrogens is 652 g/mol. The average molecular weight is 665 g/mol. The number of hydrogen-bond donors (Lipinski definition) is 3. The largest absolute Gasteiger partial charge is 0.354 e. The topological polar surface area (TPSA) is 268 Å². The summed E-state index contributed by atoms with van der Waals surface area (Å²) >= 11 is 0. The van der Waals surface area contributed by atoms with Gasteiger partial charge in [0.1, 0.15) is 9.79 Å². The van der Waals surface area contributed by atoms with Gasteiger partial charge in [-0.15, -0.1) is 0 Å². The first kappa shape index (κ1) is 30.2. The van der Waals surface area contributed by atoms with Gasteiger partial charge in [0.25, 0.3) is 33.7 Å². The number of carbonyl (C=O) groups is 6. The Morgan fingerprint density at radius 2 is 0.909 bits per heavy atom. The second-order valence-corrected chi connectivity index (χ2v) is 13.3. The maximum absolute atomic E-state index is 13.0. The monoisotopic (exact) mass is 664 g/mol. The van der Waals surface area contributed by atoms with Crippen LogP contribution < -0.4 is 10.6 Å². The molecule has 3 N–H and O–H groups in total. The van der Waals surface area contributed by atoms with Crippen molar-refractivity contribution in [3.8, 4) is 0 Å². The molecule has 226 valence electrons. The van der Waals surface area contributed by atoms with E-state index >= 15 is 0 Å². The van der Waals surface area contributed by atoms with Gasteiger partial charge in [0.15, 0.2) is 0 Å². The fraction of sp³-hybridized carbons (Fsp3) is 0. The van der Waals surface area contributed by atoms with Crippen molar-refractivity contribution in [2.45, 2.75) is 14.7 Å². The minimum absolute atomic E-state index is 0.164. The molecule has 20 heteroatoms. The number of nitrogens with one attached hydrogen (secondary N) is 2. The Balaban J connectivity index is 1.49. The van der Waals surface area contributed by atoms with Gasteiger partial charge < -0.3 is 8.37 Å². The molecule has 0 aliphatic carbocycles. The van der Waals surface area contributed by atoms with E-state index in [1.807, 2.05) is 10.6 Å². The molecule has 17 nitrogen and oxygen atoms in total. The van der Waals surface area contributed by atoms with Crippen LogP contribution in [0.25, 0.3) is 0 Å². The van der Waals surface area contributed by atoms with E-state index in [2.05, 4.69) is 8.37 Å². The average Bonchev–Trinajstić information content (AvgIpc) is 3.39. The summed E-state index contributed by atoms with van der Waals surface area (Å²) < 4.78 is 93.0. The van der Waals surface area contributed by atoms with Crippen molar-refractivity contribution in [2.75, 3.05) is 0 Å². The molecule has 0 saturated heterocycles. The zero-order chi connectivity index (χ0) is 32.4. The van der Waals surface area contributed by atoms with Crippen LogP contribution in [0.5, 0.6) is 0 Å². The minimum Gasteiger partial charge on any atom is -0.338 e. The molecule has 0 atom stereocenters. The van der Waals surface area contributed by atoms with E-state index < -0.39 is 91.7 Å². The minimum atomic E-state index is -5.14. The van der Waals surface area contributed by atoms with Crippen molar-refractivity contribution >= 4 is 65.9 Å². The lowest BCUT2D eigenvalue weighted by molar-refractivity contribution is 0.0702. The Kier molecular flexibility index (Phi) is 6.96. The van der Waals surface area contributed by atoms with Crippen molar-refractivity contribution in [2.24, 2.45) is 0 Å². The molecule has 5 rings (SSSR count). The summed E-state index contributed by atoms with van der Waals surface area (Å²) in [5, 5.41) is 3.84. The fourth-order valence-corrected chi connectivity index (χ4v) is 6.29. The first-order chi connectivity index (χ1) is 20.4. The molecule has 0 bridgehead atoms. The fourth-order valence-electron chi connectivity index (χ4n) is 4.02. The third-order valence-electron chi connectivity index (χ3n) is 6.09. The molecule has 0 spiro atoms. The summed E-state index contributed by atoms with van der Waals surface area (Å²) in [5.74, 6) is -7.31. The van der Waals surface area contributed by atoms with Crippen LogP contribution >= 0.6 is 0 Å². The normalized spacial score (nSPS) is 14.4. The Hall–Kier alpha value is -5.31. The molecule has 44 heavy (non-hydrogen) atoms. The molecule has 3 aromatic rings. The van der Waals surface area contributed by atoms with Gasteiger partial charge in [0.2, 0.25) is 0 Å². The lowest BCUT2D eigenvalue weighted by Gasteiger charge is -2.12. The maximum Gasteiger partial charge on any atom is 0.354 e. The van der Waals surface area contributed by atoms with Crippen LogP contribution in [0.4, 0.5) is 0 Å². The van der Waals surface area contributed by atoms with Crippen LogP contribution in [0.15, 0.2) is 69.3 Å². The lowest BCUT2D eigenvalue weighted by atomic mass is 10.1. The van der Waals surface area contributed by atoms with Crippen LogP contribution in [-0.2, 0) is 38.7 Å².